The Labute approximate surface area is 89.7 Å². The van der Waals surface area contributed by atoms with Crippen LogP contribution in [0.15, 0.2) is 29.2 Å². The Morgan fingerprint density at radius 3 is 2.36 bits per heavy atom. The Hall–Kier alpha value is -0.670. The van der Waals surface area contributed by atoms with Crippen LogP contribution in [0.1, 0.15) is 0 Å². The second kappa shape index (κ2) is 4.24. The molecular weight excluding hydrogens is 192 g/mol. The van der Waals surface area contributed by atoms with Crippen molar-refractivity contribution in [3.8, 4) is 0 Å². The summed E-state index contributed by atoms with van der Waals surface area (Å²) in [6.45, 7) is 2.22. The summed E-state index contributed by atoms with van der Waals surface area (Å²) in [7, 11) is 2.17. The zero-order valence-electron chi connectivity index (χ0n) is 8.66. The molecule has 0 bridgehead atoms. The van der Waals surface area contributed by atoms with E-state index in [4.69, 9.17) is 0 Å². The van der Waals surface area contributed by atoms with Crippen LogP contribution >= 0.6 is 11.8 Å². The van der Waals surface area contributed by atoms with Gasteiger partial charge in [0.2, 0.25) is 0 Å². The second-order valence-corrected chi connectivity index (χ2v) is 4.50. The van der Waals surface area contributed by atoms with E-state index < -0.39 is 0 Å². The van der Waals surface area contributed by atoms with Crippen LogP contribution in [0.5, 0.6) is 0 Å². The number of hydrogen-bond acceptors (Lipinski definition) is 3. The Kier molecular flexibility index (Phi) is 2.99. The molecule has 0 spiro atoms. The Bertz CT molecular complexity index is 293. The zero-order valence-corrected chi connectivity index (χ0v) is 9.47. The van der Waals surface area contributed by atoms with Gasteiger partial charge in [0.15, 0.2) is 0 Å². The molecule has 76 valence electrons. The minimum atomic E-state index is 0.676. The number of hydrogen-bond donors (Lipinski definition) is 1. The largest absolute Gasteiger partial charge is 0.369 e. The van der Waals surface area contributed by atoms with Gasteiger partial charge in [-0.3, -0.25) is 0 Å². The molecule has 2 rings (SSSR count). The average Bonchev–Trinajstić information content (AvgIpc) is 2.15. The highest BCUT2D eigenvalue weighted by Crippen LogP contribution is 2.21. The van der Waals surface area contributed by atoms with Crippen LogP contribution in [-0.4, -0.2) is 32.4 Å². The van der Waals surface area contributed by atoms with E-state index in [1.165, 1.54) is 10.6 Å². The van der Waals surface area contributed by atoms with Crippen LogP contribution in [0.4, 0.5) is 5.69 Å². The van der Waals surface area contributed by atoms with Crippen molar-refractivity contribution in [2.45, 2.75) is 10.9 Å². The maximum atomic E-state index is 3.29. The van der Waals surface area contributed by atoms with Gasteiger partial charge in [0.05, 0.1) is 6.04 Å². The topological polar surface area (TPSA) is 15.3 Å². The predicted molar refractivity (Wildman–Crippen MR) is 63.3 cm³/mol. The monoisotopic (exact) mass is 208 g/mol. The van der Waals surface area contributed by atoms with E-state index >= 15 is 0 Å². The molecule has 14 heavy (non-hydrogen) atoms. The fourth-order valence-electron chi connectivity index (χ4n) is 1.58. The molecule has 1 saturated heterocycles. The van der Waals surface area contributed by atoms with Crippen LogP contribution in [0.3, 0.4) is 0 Å². The fraction of sp³-hybridized carbons (Fsp3) is 0.455. The third-order valence-electron chi connectivity index (χ3n) is 2.79. The molecule has 0 aliphatic carbocycles. The lowest BCUT2D eigenvalue weighted by atomic mass is 10.1. The minimum Gasteiger partial charge on any atom is -0.369 e. The Balaban J connectivity index is 2.07. The Morgan fingerprint density at radius 1 is 1.29 bits per heavy atom. The van der Waals surface area contributed by atoms with Gasteiger partial charge in [-0.15, -0.1) is 11.8 Å². The van der Waals surface area contributed by atoms with E-state index in [9.17, 15) is 0 Å². The van der Waals surface area contributed by atoms with E-state index in [-0.39, 0.29) is 0 Å². The number of benzene rings is 1. The summed E-state index contributed by atoms with van der Waals surface area (Å²) < 4.78 is 0. The SMILES string of the molecule is CSc1ccc(N(C)C2CNC2)cc1. The molecule has 0 unspecified atom stereocenters. The molecule has 1 aliphatic heterocycles. The highest BCUT2D eigenvalue weighted by atomic mass is 32.2. The van der Waals surface area contributed by atoms with Crippen LogP contribution < -0.4 is 10.2 Å². The number of thioether (sulfide) groups is 1. The van der Waals surface area contributed by atoms with Crippen LogP contribution in [0.25, 0.3) is 0 Å². The second-order valence-electron chi connectivity index (χ2n) is 3.62. The minimum absolute atomic E-state index is 0.676. The van der Waals surface area contributed by atoms with Crippen molar-refractivity contribution in [3.05, 3.63) is 24.3 Å². The molecule has 2 nitrogen and oxygen atoms in total. The third kappa shape index (κ3) is 1.88. The maximum absolute atomic E-state index is 3.29. The quantitative estimate of drug-likeness (QED) is 0.763. The van der Waals surface area contributed by atoms with Crippen molar-refractivity contribution in [2.24, 2.45) is 0 Å². The summed E-state index contributed by atoms with van der Waals surface area (Å²) in [5.41, 5.74) is 1.31. The molecule has 1 aliphatic rings. The molecule has 1 N–H and O–H groups in total. The number of likely N-dealkylation sites (N-methyl/N-ethyl adjacent to an activating group) is 1. The molecule has 1 heterocycles. The van der Waals surface area contributed by atoms with Gasteiger partial charge >= 0.3 is 0 Å². The summed E-state index contributed by atoms with van der Waals surface area (Å²) in [6, 6.07) is 9.44. The number of anilines is 1. The summed E-state index contributed by atoms with van der Waals surface area (Å²) in [6.07, 6.45) is 2.11. The van der Waals surface area contributed by atoms with E-state index in [1.807, 2.05) is 0 Å². The Morgan fingerprint density at radius 2 is 1.93 bits per heavy atom. The normalized spacial score (nSPS) is 16.4. The van der Waals surface area contributed by atoms with E-state index in [0.717, 1.165) is 13.1 Å². The van der Waals surface area contributed by atoms with Gasteiger partial charge in [-0.25, -0.2) is 0 Å². The highest BCUT2D eigenvalue weighted by molar-refractivity contribution is 7.98. The van der Waals surface area contributed by atoms with E-state index in [2.05, 4.69) is 47.8 Å². The summed E-state index contributed by atoms with van der Waals surface area (Å²) in [5, 5.41) is 3.29. The first-order valence-corrected chi connectivity index (χ1v) is 6.11. The maximum Gasteiger partial charge on any atom is 0.0535 e. The van der Waals surface area contributed by atoms with Crippen molar-refractivity contribution in [2.75, 3.05) is 31.3 Å². The first-order valence-electron chi connectivity index (χ1n) is 4.89. The van der Waals surface area contributed by atoms with Crippen LogP contribution in [0.2, 0.25) is 0 Å². The van der Waals surface area contributed by atoms with Crippen molar-refractivity contribution in [3.63, 3.8) is 0 Å². The van der Waals surface area contributed by atoms with E-state index in [0.29, 0.717) is 6.04 Å². The standard InChI is InChI=1S/C11H16N2S/c1-13(10-7-12-8-10)9-3-5-11(14-2)6-4-9/h3-6,10,12H,7-8H2,1-2H3. The summed E-state index contributed by atoms with van der Waals surface area (Å²) in [5.74, 6) is 0. The fourth-order valence-corrected chi connectivity index (χ4v) is 1.98. The predicted octanol–water partition coefficient (Wildman–Crippen LogP) is 1.82. The number of rotatable bonds is 3. The van der Waals surface area contributed by atoms with Gasteiger partial charge in [-0.2, -0.15) is 0 Å². The molecule has 0 aromatic heterocycles. The lowest BCUT2D eigenvalue weighted by Gasteiger charge is -2.37. The molecule has 1 fully saturated rings. The lowest BCUT2D eigenvalue weighted by molar-refractivity contribution is 0.429. The summed E-state index contributed by atoms with van der Waals surface area (Å²) >= 11 is 1.79. The highest BCUT2D eigenvalue weighted by Gasteiger charge is 2.21. The molecule has 0 radical (unpaired) electrons. The van der Waals surface area contributed by atoms with Crippen molar-refractivity contribution >= 4 is 17.4 Å². The third-order valence-corrected chi connectivity index (χ3v) is 3.53. The van der Waals surface area contributed by atoms with Gasteiger partial charge < -0.3 is 10.2 Å². The van der Waals surface area contributed by atoms with E-state index in [1.54, 1.807) is 11.8 Å². The van der Waals surface area contributed by atoms with Crippen molar-refractivity contribution in [1.29, 1.82) is 0 Å². The van der Waals surface area contributed by atoms with Gasteiger partial charge in [0.25, 0.3) is 0 Å². The van der Waals surface area contributed by atoms with Gasteiger partial charge in [-0.1, -0.05) is 0 Å². The average molecular weight is 208 g/mol. The van der Waals surface area contributed by atoms with Gasteiger partial charge in [0, 0.05) is 30.7 Å². The van der Waals surface area contributed by atoms with Crippen LogP contribution in [0, 0.1) is 0 Å². The van der Waals surface area contributed by atoms with Gasteiger partial charge in [0.1, 0.15) is 0 Å². The molecule has 3 heteroatoms. The summed E-state index contributed by atoms with van der Waals surface area (Å²) in [4.78, 5) is 3.68. The molecule has 1 aromatic rings. The molecule has 0 saturated carbocycles. The van der Waals surface area contributed by atoms with Crippen molar-refractivity contribution < 1.29 is 0 Å². The first-order chi connectivity index (χ1) is 6.81. The molecule has 0 atom stereocenters. The first kappa shape index (κ1) is 9.87. The lowest BCUT2D eigenvalue weighted by Crippen LogP contribution is -2.56. The number of nitrogens with zero attached hydrogens (tertiary/aromatic N) is 1. The van der Waals surface area contributed by atoms with Gasteiger partial charge in [-0.05, 0) is 30.5 Å². The van der Waals surface area contributed by atoms with Crippen LogP contribution in [-0.2, 0) is 0 Å². The van der Waals surface area contributed by atoms with Crippen molar-refractivity contribution in [1.82, 2.24) is 5.32 Å². The zero-order chi connectivity index (χ0) is 9.97. The smallest absolute Gasteiger partial charge is 0.0535 e. The number of nitrogens with one attached hydrogen (secondary N) is 1. The molecule has 0 amide bonds. The molecule has 1 aromatic carbocycles. The molecular formula is C11H16N2S.